The molecule has 0 spiro atoms. The van der Waals surface area contributed by atoms with Crippen molar-refractivity contribution in [2.75, 3.05) is 0 Å². The zero-order valence-electron chi connectivity index (χ0n) is 4.98. The second-order valence-electron chi connectivity index (χ2n) is 2.14. The Labute approximate surface area is 49.3 Å². The molecule has 0 saturated carbocycles. The molecule has 0 saturated heterocycles. The van der Waals surface area contributed by atoms with Crippen molar-refractivity contribution in [3.8, 4) is 0 Å². The van der Waals surface area contributed by atoms with Gasteiger partial charge in [-0.25, -0.2) is 0 Å². The summed E-state index contributed by atoms with van der Waals surface area (Å²) in [7, 11) is 0. The summed E-state index contributed by atoms with van der Waals surface area (Å²) in [4.78, 5) is 0. The van der Waals surface area contributed by atoms with Gasteiger partial charge in [0.15, 0.2) is 0 Å². The van der Waals surface area contributed by atoms with Gasteiger partial charge in [-0.05, 0) is 19.8 Å². The fourth-order valence-corrected chi connectivity index (χ4v) is 0.816. The third kappa shape index (κ3) is 1.12. The molecule has 8 heavy (non-hydrogen) atoms. The molecule has 0 aromatic rings. The third-order valence-corrected chi connectivity index (χ3v) is 1.27. The highest BCUT2D eigenvalue weighted by Crippen LogP contribution is 2.12. The van der Waals surface area contributed by atoms with Crippen LogP contribution < -0.4 is 5.11 Å². The number of hydrogen-bond acceptors (Lipinski definition) is 1. The van der Waals surface area contributed by atoms with Crippen LogP contribution in [-0.4, -0.2) is 0 Å². The minimum absolute atomic E-state index is 0.175. The minimum Gasteiger partial charge on any atom is -0.873 e. The normalized spacial score (nSPS) is 19.6. The van der Waals surface area contributed by atoms with E-state index in [1.807, 2.05) is 6.92 Å². The van der Waals surface area contributed by atoms with Gasteiger partial charge in [0, 0.05) is 0 Å². The monoisotopic (exact) mass is 109 g/mol. The Bertz CT molecular complexity index is 142. The molecule has 1 aliphatic carbocycles. The van der Waals surface area contributed by atoms with Crippen LogP contribution in [0, 0.1) is 0 Å². The third-order valence-electron chi connectivity index (χ3n) is 1.27. The van der Waals surface area contributed by atoms with Crippen molar-refractivity contribution in [2.45, 2.75) is 19.8 Å². The van der Waals surface area contributed by atoms with E-state index in [4.69, 9.17) is 0 Å². The maximum absolute atomic E-state index is 10.5. The van der Waals surface area contributed by atoms with Crippen molar-refractivity contribution in [3.63, 3.8) is 0 Å². The van der Waals surface area contributed by atoms with E-state index in [2.05, 4.69) is 0 Å². The van der Waals surface area contributed by atoms with E-state index in [-0.39, 0.29) is 5.76 Å². The van der Waals surface area contributed by atoms with Crippen molar-refractivity contribution >= 4 is 0 Å². The van der Waals surface area contributed by atoms with Gasteiger partial charge in [-0.2, -0.15) is 0 Å². The maximum atomic E-state index is 10.5. The molecule has 1 rings (SSSR count). The van der Waals surface area contributed by atoms with Gasteiger partial charge in [0.2, 0.25) is 0 Å². The maximum Gasteiger partial charge on any atom is -0.0286 e. The molecule has 0 aromatic carbocycles. The summed E-state index contributed by atoms with van der Waals surface area (Å²) in [6.45, 7) is 1.99. The smallest absolute Gasteiger partial charge is 0.0286 e. The summed E-state index contributed by atoms with van der Waals surface area (Å²) >= 11 is 0. The molecule has 0 aliphatic heterocycles. The Hall–Kier alpha value is -0.720. The molecular formula is C7H9O-. The van der Waals surface area contributed by atoms with Gasteiger partial charge >= 0.3 is 0 Å². The van der Waals surface area contributed by atoms with E-state index >= 15 is 0 Å². The lowest BCUT2D eigenvalue weighted by Gasteiger charge is -2.12. The largest absolute Gasteiger partial charge is 0.873 e. The Kier molecular flexibility index (Phi) is 1.38. The molecule has 0 bridgehead atoms. The molecule has 0 N–H and O–H groups in total. The standard InChI is InChI=1S/C7H10O/c1-6-3-2-4-7(8)5-6/h4-5,8H,2-3H2,1H3/p-1. The lowest BCUT2D eigenvalue weighted by atomic mass is 10.1. The molecule has 44 valence electrons. The summed E-state index contributed by atoms with van der Waals surface area (Å²) in [6, 6.07) is 0. The second-order valence-corrected chi connectivity index (χ2v) is 2.14. The highest BCUT2D eigenvalue weighted by molar-refractivity contribution is 5.19. The van der Waals surface area contributed by atoms with Crippen LogP contribution in [0.15, 0.2) is 23.5 Å². The van der Waals surface area contributed by atoms with Crippen LogP contribution in [0.2, 0.25) is 0 Å². The number of hydrogen-bond donors (Lipinski definition) is 0. The average molecular weight is 109 g/mol. The molecule has 0 atom stereocenters. The fourth-order valence-electron chi connectivity index (χ4n) is 0.816. The summed E-state index contributed by atoms with van der Waals surface area (Å²) in [6.07, 6.45) is 5.42. The van der Waals surface area contributed by atoms with Crippen molar-refractivity contribution in [2.24, 2.45) is 0 Å². The van der Waals surface area contributed by atoms with Crippen molar-refractivity contribution in [1.82, 2.24) is 0 Å². The SMILES string of the molecule is CC1=CC([O-])=CCC1. The summed E-state index contributed by atoms with van der Waals surface area (Å²) in [5, 5.41) is 10.5. The van der Waals surface area contributed by atoms with Gasteiger partial charge in [0.05, 0.1) is 0 Å². The minimum atomic E-state index is 0.175. The zero-order valence-corrected chi connectivity index (χ0v) is 4.98. The summed E-state index contributed by atoms with van der Waals surface area (Å²) in [5.41, 5.74) is 1.21. The van der Waals surface area contributed by atoms with Gasteiger partial charge in [-0.3, -0.25) is 0 Å². The second kappa shape index (κ2) is 2.03. The molecule has 0 radical (unpaired) electrons. The van der Waals surface area contributed by atoms with Crippen LogP contribution in [0.25, 0.3) is 0 Å². The van der Waals surface area contributed by atoms with E-state index in [0.717, 1.165) is 12.8 Å². The first-order valence-electron chi connectivity index (χ1n) is 2.83. The topological polar surface area (TPSA) is 23.1 Å². The van der Waals surface area contributed by atoms with E-state index in [1.54, 1.807) is 12.2 Å². The average Bonchev–Trinajstić information content (AvgIpc) is 1.64. The summed E-state index contributed by atoms with van der Waals surface area (Å²) in [5.74, 6) is 0.175. The molecular weight excluding hydrogens is 100 g/mol. The molecule has 1 aliphatic rings. The van der Waals surface area contributed by atoms with Crippen molar-refractivity contribution < 1.29 is 5.11 Å². The molecule has 0 heterocycles. The Morgan fingerprint density at radius 1 is 1.62 bits per heavy atom. The van der Waals surface area contributed by atoms with Crippen LogP contribution in [0.1, 0.15) is 19.8 Å². The van der Waals surface area contributed by atoms with Crippen LogP contribution >= 0.6 is 0 Å². The van der Waals surface area contributed by atoms with E-state index < -0.39 is 0 Å². The van der Waals surface area contributed by atoms with E-state index in [9.17, 15) is 5.11 Å². The molecule has 0 unspecified atom stereocenters. The fraction of sp³-hybridized carbons (Fsp3) is 0.429. The van der Waals surface area contributed by atoms with Gasteiger partial charge in [-0.15, -0.1) is 5.76 Å². The first-order chi connectivity index (χ1) is 3.79. The quantitative estimate of drug-likeness (QED) is 0.454. The lowest BCUT2D eigenvalue weighted by Crippen LogP contribution is -2.03. The van der Waals surface area contributed by atoms with Crippen LogP contribution in [-0.2, 0) is 0 Å². The zero-order chi connectivity index (χ0) is 5.98. The van der Waals surface area contributed by atoms with E-state index in [1.165, 1.54) is 5.57 Å². The van der Waals surface area contributed by atoms with E-state index in [0.29, 0.717) is 0 Å². The lowest BCUT2D eigenvalue weighted by molar-refractivity contribution is -0.295. The summed E-state index contributed by atoms with van der Waals surface area (Å²) < 4.78 is 0. The molecule has 1 nitrogen and oxygen atoms in total. The predicted molar refractivity (Wildman–Crippen MR) is 31.1 cm³/mol. The molecule has 0 aromatic heterocycles. The highest BCUT2D eigenvalue weighted by Gasteiger charge is 1.91. The number of rotatable bonds is 0. The molecule has 1 heteroatoms. The predicted octanol–water partition coefficient (Wildman–Crippen LogP) is 0.971. The van der Waals surface area contributed by atoms with Crippen LogP contribution in [0.3, 0.4) is 0 Å². The number of allylic oxidation sites excluding steroid dienone is 3. The van der Waals surface area contributed by atoms with Crippen molar-refractivity contribution in [3.05, 3.63) is 23.5 Å². The molecule has 0 fully saturated rings. The highest BCUT2D eigenvalue weighted by atomic mass is 16.3. The van der Waals surface area contributed by atoms with Crippen LogP contribution in [0.4, 0.5) is 0 Å². The Morgan fingerprint density at radius 2 is 2.38 bits per heavy atom. The Balaban J connectivity index is 2.69. The molecule has 0 amide bonds. The first kappa shape index (κ1) is 5.42. The van der Waals surface area contributed by atoms with Gasteiger partial charge in [0.1, 0.15) is 0 Å². The van der Waals surface area contributed by atoms with Gasteiger partial charge < -0.3 is 5.11 Å². The van der Waals surface area contributed by atoms with Gasteiger partial charge in [0.25, 0.3) is 0 Å². The Morgan fingerprint density at radius 3 is 2.75 bits per heavy atom. The van der Waals surface area contributed by atoms with Crippen LogP contribution in [0.5, 0.6) is 0 Å². The first-order valence-corrected chi connectivity index (χ1v) is 2.83. The van der Waals surface area contributed by atoms with Gasteiger partial charge in [-0.1, -0.05) is 17.7 Å². The van der Waals surface area contributed by atoms with Crippen molar-refractivity contribution in [1.29, 1.82) is 0 Å².